The number of ketones is 4. The summed E-state index contributed by atoms with van der Waals surface area (Å²) in [6.45, 7) is 9.66. The second kappa shape index (κ2) is 17.4. The van der Waals surface area contributed by atoms with Crippen molar-refractivity contribution in [2.45, 2.75) is 72.7 Å². The Bertz CT molecular complexity index is 1770. The number of phenolic OH excluding ortho intramolecular Hbond substituents is 1. The molecule has 0 saturated carbocycles. The predicted octanol–water partition coefficient (Wildman–Crippen LogP) is 5.30. The third-order valence-corrected chi connectivity index (χ3v) is 9.13. The highest BCUT2D eigenvalue weighted by Crippen LogP contribution is 2.37. The molecule has 0 unspecified atom stereocenters. The van der Waals surface area contributed by atoms with Crippen LogP contribution in [0.2, 0.25) is 0 Å². The number of carbonyl (C=O) groups excluding carboxylic acids is 5. The first-order chi connectivity index (χ1) is 23.5. The van der Waals surface area contributed by atoms with E-state index in [1.54, 1.807) is 58.1 Å². The van der Waals surface area contributed by atoms with Gasteiger partial charge in [0.05, 0.1) is 23.9 Å². The summed E-state index contributed by atoms with van der Waals surface area (Å²) in [4.78, 5) is 66.2. The summed E-state index contributed by atoms with van der Waals surface area (Å²) in [5, 5.41) is 44.7. The minimum atomic E-state index is -1.01. The first-order valence-electron chi connectivity index (χ1n) is 16.3. The first kappa shape index (κ1) is 40.0. The Hall–Kier alpha value is -4.48. The zero-order chi connectivity index (χ0) is 37.4. The van der Waals surface area contributed by atoms with Crippen LogP contribution >= 0.6 is 11.6 Å². The van der Waals surface area contributed by atoms with Crippen molar-refractivity contribution in [2.24, 2.45) is 17.8 Å². The minimum Gasteiger partial charge on any atom is -0.507 e. The van der Waals surface area contributed by atoms with E-state index in [0.717, 1.165) is 6.08 Å². The topological polar surface area (TPSA) is 178 Å². The first-order valence-corrected chi connectivity index (χ1v) is 16.7. The highest BCUT2D eigenvalue weighted by atomic mass is 35.5. The van der Waals surface area contributed by atoms with Crippen LogP contribution in [0.5, 0.6) is 5.75 Å². The Morgan fingerprint density at radius 1 is 0.760 bits per heavy atom. The van der Waals surface area contributed by atoms with Crippen LogP contribution in [-0.4, -0.2) is 67.8 Å². The summed E-state index contributed by atoms with van der Waals surface area (Å²) < 4.78 is 0. The number of aryl methyl sites for hydroxylation is 1. The molecule has 11 heteroatoms. The lowest BCUT2D eigenvalue weighted by Gasteiger charge is -2.23. The van der Waals surface area contributed by atoms with Gasteiger partial charge in [-0.05, 0) is 50.0 Å². The van der Waals surface area contributed by atoms with Crippen molar-refractivity contribution in [1.29, 1.82) is 0 Å². The van der Waals surface area contributed by atoms with Crippen molar-refractivity contribution in [2.75, 3.05) is 0 Å². The van der Waals surface area contributed by atoms with E-state index in [9.17, 15) is 44.4 Å². The van der Waals surface area contributed by atoms with Crippen molar-refractivity contribution in [3.05, 3.63) is 111 Å². The Kier molecular flexibility index (Phi) is 13.9. The highest BCUT2D eigenvalue weighted by molar-refractivity contribution is 6.51. The van der Waals surface area contributed by atoms with Crippen LogP contribution in [0.4, 0.5) is 0 Å². The summed E-state index contributed by atoms with van der Waals surface area (Å²) in [5.41, 5.74) is -0.886. The second-order valence-electron chi connectivity index (χ2n) is 12.8. The van der Waals surface area contributed by atoms with E-state index in [1.165, 1.54) is 44.2 Å². The lowest BCUT2D eigenvalue weighted by Crippen LogP contribution is -2.33. The molecule has 2 heterocycles. The van der Waals surface area contributed by atoms with Gasteiger partial charge < -0.3 is 25.7 Å². The van der Waals surface area contributed by atoms with Gasteiger partial charge in [0, 0.05) is 41.4 Å². The number of hydrogen-bond acceptors (Lipinski definition) is 9. The van der Waals surface area contributed by atoms with Crippen LogP contribution in [0.3, 0.4) is 0 Å². The standard InChI is InChI=1S/C39H44ClNO9/c1-20-11-9-7-8-10-12-30(45)41-34-33(40)39(50)31-27(38(34)49)18-25(6)37(48)32(31)36(47)24(5)17-23(4)35(46)22(3)14-16-26(42)15-13-21(2)29(44)19-28(20)43/h7-14,16-18,20,22-23,26,28,35,42-43,46,48H,15,19H2,1-6H3,(H,41,45)/b8-7-,11-9-,12-10?,16-14-,21-13-,24-17?/t20-,22-,23-,26-,28-,35-/m0/s1. The number of rotatable bonds is 0. The minimum absolute atomic E-state index is 0.0807. The quantitative estimate of drug-likeness (QED) is 0.224. The zero-order valence-electron chi connectivity index (χ0n) is 28.9. The molecule has 4 bridgehead atoms. The zero-order valence-corrected chi connectivity index (χ0v) is 29.7. The van der Waals surface area contributed by atoms with Crippen molar-refractivity contribution in [3.8, 4) is 5.75 Å². The summed E-state index contributed by atoms with van der Waals surface area (Å²) in [6, 6.07) is 1.25. The maximum absolute atomic E-state index is 13.8. The predicted molar refractivity (Wildman–Crippen MR) is 191 cm³/mol. The van der Waals surface area contributed by atoms with Gasteiger partial charge in [-0.2, -0.15) is 0 Å². The summed E-state index contributed by atoms with van der Waals surface area (Å²) >= 11 is 6.31. The normalized spacial score (nSPS) is 29.7. The number of Topliss-reactive ketones (excluding diaryl/α,β-unsaturated/α-hetero) is 4. The average molecular weight is 706 g/mol. The van der Waals surface area contributed by atoms with Crippen molar-refractivity contribution >= 4 is 40.6 Å². The van der Waals surface area contributed by atoms with Crippen molar-refractivity contribution < 1.29 is 44.4 Å². The maximum Gasteiger partial charge on any atom is 0.248 e. The van der Waals surface area contributed by atoms with Crippen LogP contribution in [0.25, 0.3) is 0 Å². The Labute approximate surface area is 296 Å². The number of aliphatic hydroxyl groups excluding tert-OH is 3. The lowest BCUT2D eigenvalue weighted by atomic mass is 9.83. The van der Waals surface area contributed by atoms with Gasteiger partial charge in [0.1, 0.15) is 16.5 Å². The van der Waals surface area contributed by atoms with Crippen LogP contribution < -0.4 is 5.32 Å². The molecule has 5 N–H and O–H groups in total. The fourth-order valence-corrected chi connectivity index (χ4v) is 5.73. The molecule has 0 saturated heterocycles. The van der Waals surface area contributed by atoms with E-state index in [-0.39, 0.29) is 41.2 Å². The Morgan fingerprint density at radius 3 is 2.10 bits per heavy atom. The monoisotopic (exact) mass is 705 g/mol. The van der Waals surface area contributed by atoms with Gasteiger partial charge in [0.15, 0.2) is 11.6 Å². The van der Waals surface area contributed by atoms with Crippen LogP contribution in [0.15, 0.2) is 88.7 Å². The van der Waals surface area contributed by atoms with Crippen LogP contribution in [0.1, 0.15) is 84.1 Å². The number of aliphatic hydroxyl groups is 3. The summed E-state index contributed by atoms with van der Waals surface area (Å²) in [6.07, 6.45) is 12.2. The molecule has 4 rings (SSSR count). The van der Waals surface area contributed by atoms with E-state index >= 15 is 0 Å². The average Bonchev–Trinajstić information content (AvgIpc) is 3.07. The van der Waals surface area contributed by atoms with Crippen molar-refractivity contribution in [3.63, 3.8) is 0 Å². The van der Waals surface area contributed by atoms with Gasteiger partial charge in [-0.3, -0.25) is 24.0 Å². The number of hydrogen-bond donors (Lipinski definition) is 5. The molecule has 266 valence electrons. The molecule has 0 aromatic heterocycles. The lowest BCUT2D eigenvalue weighted by molar-refractivity contribution is -0.118. The van der Waals surface area contributed by atoms with Gasteiger partial charge in [0.25, 0.3) is 0 Å². The third-order valence-electron chi connectivity index (χ3n) is 8.77. The smallest absolute Gasteiger partial charge is 0.248 e. The molecular formula is C39H44ClNO9. The largest absolute Gasteiger partial charge is 0.507 e. The molecule has 2 aliphatic heterocycles. The number of amides is 1. The summed E-state index contributed by atoms with van der Waals surface area (Å²) in [7, 11) is 0. The van der Waals surface area contributed by atoms with Gasteiger partial charge in [0.2, 0.25) is 17.5 Å². The molecule has 3 aliphatic rings. The van der Waals surface area contributed by atoms with Crippen molar-refractivity contribution in [1.82, 2.24) is 5.32 Å². The van der Waals surface area contributed by atoms with E-state index in [4.69, 9.17) is 11.6 Å². The molecule has 0 radical (unpaired) electrons. The fourth-order valence-electron chi connectivity index (χ4n) is 5.51. The molecule has 6 atom stereocenters. The van der Waals surface area contributed by atoms with Gasteiger partial charge >= 0.3 is 0 Å². The molecule has 1 amide bonds. The number of benzene rings is 1. The third kappa shape index (κ3) is 9.60. The fraction of sp³-hybridized carbons (Fsp3) is 0.359. The second-order valence-corrected chi connectivity index (χ2v) is 13.2. The molecule has 1 aromatic rings. The van der Waals surface area contributed by atoms with Gasteiger partial charge in [-0.1, -0.05) is 87.1 Å². The number of halogens is 1. The Morgan fingerprint density at radius 2 is 1.42 bits per heavy atom. The number of carbonyl (C=O) groups is 5. The molecule has 1 aliphatic carbocycles. The maximum atomic E-state index is 13.8. The highest BCUT2D eigenvalue weighted by Gasteiger charge is 2.38. The van der Waals surface area contributed by atoms with Gasteiger partial charge in [-0.25, -0.2) is 0 Å². The molecular weight excluding hydrogens is 662 g/mol. The van der Waals surface area contributed by atoms with E-state index < -0.39 is 81.0 Å². The SMILES string of the molecule is CC1=C[C@H](C)[C@@H](O)[C@@H](C)/C=C\[C@@H](O)C/C=C(/C)C(=O)C[C@H](O)[C@@H](C)/C=C\C=C/C=CC(=O)NC2=C(Cl)C(=O)c3c(cc(C)c(O)c3C1=O)C2=O. The molecule has 0 spiro atoms. The van der Waals surface area contributed by atoms with E-state index in [2.05, 4.69) is 5.32 Å². The van der Waals surface area contributed by atoms with E-state index in [1.807, 2.05) is 0 Å². The van der Waals surface area contributed by atoms with E-state index in [0.29, 0.717) is 5.57 Å². The number of allylic oxidation sites excluding steroid dienone is 8. The van der Waals surface area contributed by atoms with Crippen LogP contribution in [-0.2, 0) is 9.59 Å². The number of fused-ring (bicyclic) bond motifs is 18. The molecule has 50 heavy (non-hydrogen) atoms. The van der Waals surface area contributed by atoms with Gasteiger partial charge in [-0.15, -0.1) is 0 Å². The molecule has 10 nitrogen and oxygen atoms in total. The number of nitrogens with one attached hydrogen (secondary N) is 1. The summed E-state index contributed by atoms with van der Waals surface area (Å²) in [5.74, 6) is -5.52. The molecule has 0 fully saturated rings. The molecule has 1 aromatic carbocycles. The number of phenols is 1. The Balaban J connectivity index is 2.05. The number of aromatic hydroxyl groups is 1. The van der Waals surface area contributed by atoms with Crippen LogP contribution in [0, 0.1) is 24.7 Å².